The third kappa shape index (κ3) is 2.25. The van der Waals surface area contributed by atoms with Gasteiger partial charge in [-0.2, -0.15) is 5.10 Å². The number of rotatable bonds is 3. The third-order valence-corrected chi connectivity index (χ3v) is 3.94. The fraction of sp³-hybridized carbons (Fsp3) is 0.286. The van der Waals surface area contributed by atoms with Crippen LogP contribution in [0.4, 0.5) is 0 Å². The molecule has 0 aliphatic carbocycles. The molecule has 2 heterocycles. The van der Waals surface area contributed by atoms with Crippen LogP contribution in [0, 0.1) is 6.92 Å². The summed E-state index contributed by atoms with van der Waals surface area (Å²) < 4.78 is 8.41. The molecule has 1 atom stereocenters. The van der Waals surface area contributed by atoms with Crippen molar-refractivity contribution in [3.63, 3.8) is 0 Å². The first-order valence-electron chi connectivity index (χ1n) is 6.31. The summed E-state index contributed by atoms with van der Waals surface area (Å²) in [5.74, 6) is 1.93. The standard InChI is InChI=1S/C14H14BrN3O2/c1-8(19)14-16-9(2)17-18(14)7-12-13(15)10-5-3-4-6-11(10)20-12/h3-6,8,19H,7H2,1-2H3. The number of nitrogens with zero attached hydrogens (tertiary/aromatic N) is 3. The predicted molar refractivity (Wildman–Crippen MR) is 78.4 cm³/mol. The number of aromatic nitrogens is 3. The van der Waals surface area contributed by atoms with E-state index in [4.69, 9.17) is 4.42 Å². The molecule has 104 valence electrons. The minimum atomic E-state index is -0.667. The van der Waals surface area contributed by atoms with Crippen LogP contribution in [-0.2, 0) is 6.54 Å². The number of fused-ring (bicyclic) bond motifs is 1. The molecule has 1 aromatic carbocycles. The number of hydrogen-bond donors (Lipinski definition) is 1. The molecule has 0 radical (unpaired) electrons. The van der Waals surface area contributed by atoms with Gasteiger partial charge in [0.15, 0.2) is 5.82 Å². The Morgan fingerprint density at radius 3 is 2.85 bits per heavy atom. The van der Waals surface area contributed by atoms with Crippen molar-refractivity contribution in [3.05, 3.63) is 46.1 Å². The van der Waals surface area contributed by atoms with Crippen molar-refractivity contribution in [2.75, 3.05) is 0 Å². The molecule has 0 bridgehead atoms. The van der Waals surface area contributed by atoms with Gasteiger partial charge in [-0.05, 0) is 41.9 Å². The van der Waals surface area contributed by atoms with E-state index < -0.39 is 6.10 Å². The Bertz CT molecular complexity index is 761. The second-order valence-corrected chi connectivity index (χ2v) is 5.48. The second-order valence-electron chi connectivity index (χ2n) is 4.69. The largest absolute Gasteiger partial charge is 0.458 e. The van der Waals surface area contributed by atoms with Crippen molar-refractivity contribution in [1.29, 1.82) is 0 Å². The normalized spacial score (nSPS) is 13.0. The van der Waals surface area contributed by atoms with Gasteiger partial charge in [-0.15, -0.1) is 0 Å². The second kappa shape index (κ2) is 5.03. The Hall–Kier alpha value is -1.66. The lowest BCUT2D eigenvalue weighted by atomic mass is 10.2. The average Bonchev–Trinajstić information content (AvgIpc) is 2.92. The first kappa shape index (κ1) is 13.3. The van der Waals surface area contributed by atoms with Gasteiger partial charge in [-0.25, -0.2) is 9.67 Å². The number of benzene rings is 1. The van der Waals surface area contributed by atoms with Gasteiger partial charge >= 0.3 is 0 Å². The van der Waals surface area contributed by atoms with Gasteiger partial charge in [0.2, 0.25) is 0 Å². The van der Waals surface area contributed by atoms with Crippen LogP contribution in [0.5, 0.6) is 0 Å². The van der Waals surface area contributed by atoms with Crippen molar-refractivity contribution in [3.8, 4) is 0 Å². The highest BCUT2D eigenvalue weighted by Gasteiger charge is 2.17. The van der Waals surface area contributed by atoms with Crippen molar-refractivity contribution < 1.29 is 9.52 Å². The number of aryl methyl sites for hydroxylation is 1. The van der Waals surface area contributed by atoms with E-state index in [0.29, 0.717) is 18.2 Å². The SMILES string of the molecule is Cc1nc(C(C)O)n(Cc2oc3ccccc3c2Br)n1. The Morgan fingerprint density at radius 1 is 1.40 bits per heavy atom. The molecule has 0 saturated carbocycles. The molecule has 0 fully saturated rings. The molecule has 0 aliphatic heterocycles. The molecule has 0 amide bonds. The summed E-state index contributed by atoms with van der Waals surface area (Å²) in [5.41, 5.74) is 0.824. The van der Waals surface area contributed by atoms with Crippen molar-refractivity contribution >= 4 is 26.9 Å². The summed E-state index contributed by atoms with van der Waals surface area (Å²) in [6, 6.07) is 7.82. The van der Waals surface area contributed by atoms with Crippen LogP contribution in [0.25, 0.3) is 11.0 Å². The van der Waals surface area contributed by atoms with Crippen molar-refractivity contribution in [2.45, 2.75) is 26.5 Å². The Kier molecular flexibility index (Phi) is 3.35. The van der Waals surface area contributed by atoms with Gasteiger partial charge in [0.1, 0.15) is 29.8 Å². The highest BCUT2D eigenvalue weighted by Crippen LogP contribution is 2.31. The monoisotopic (exact) mass is 335 g/mol. The van der Waals surface area contributed by atoms with E-state index in [0.717, 1.165) is 21.2 Å². The van der Waals surface area contributed by atoms with Gasteiger partial charge < -0.3 is 9.52 Å². The van der Waals surface area contributed by atoms with Gasteiger partial charge in [0, 0.05) is 5.39 Å². The first-order chi connectivity index (χ1) is 9.56. The number of aliphatic hydroxyl groups is 1. The molecule has 6 heteroatoms. The molecule has 20 heavy (non-hydrogen) atoms. The number of hydrogen-bond acceptors (Lipinski definition) is 4. The van der Waals surface area contributed by atoms with Crippen LogP contribution in [0.1, 0.15) is 30.4 Å². The van der Waals surface area contributed by atoms with Gasteiger partial charge in [-0.3, -0.25) is 0 Å². The van der Waals surface area contributed by atoms with Gasteiger partial charge in [-0.1, -0.05) is 12.1 Å². The van der Waals surface area contributed by atoms with Gasteiger partial charge in [0.25, 0.3) is 0 Å². The van der Waals surface area contributed by atoms with Crippen molar-refractivity contribution in [2.24, 2.45) is 0 Å². The van der Waals surface area contributed by atoms with E-state index in [1.165, 1.54) is 0 Å². The zero-order valence-corrected chi connectivity index (χ0v) is 12.8. The van der Waals surface area contributed by atoms with Crippen LogP contribution in [-0.4, -0.2) is 19.9 Å². The maximum atomic E-state index is 9.74. The zero-order chi connectivity index (χ0) is 14.3. The van der Waals surface area contributed by atoms with Crippen LogP contribution in [0.3, 0.4) is 0 Å². The molecule has 0 saturated heterocycles. The minimum Gasteiger partial charge on any atom is -0.458 e. The van der Waals surface area contributed by atoms with Gasteiger partial charge in [0.05, 0.1) is 4.47 Å². The molecular weight excluding hydrogens is 322 g/mol. The quantitative estimate of drug-likeness (QED) is 0.798. The highest BCUT2D eigenvalue weighted by atomic mass is 79.9. The minimum absolute atomic E-state index is 0.427. The van der Waals surface area contributed by atoms with Crippen LogP contribution >= 0.6 is 15.9 Å². The topological polar surface area (TPSA) is 64.1 Å². The Balaban J connectivity index is 2.03. The Labute approximate surface area is 124 Å². The average molecular weight is 336 g/mol. The van der Waals surface area contributed by atoms with Crippen molar-refractivity contribution in [1.82, 2.24) is 14.8 Å². The van der Waals surface area contributed by atoms with Crippen LogP contribution < -0.4 is 0 Å². The molecule has 3 aromatic rings. The third-order valence-electron chi connectivity index (χ3n) is 3.07. The lowest BCUT2D eigenvalue weighted by Crippen LogP contribution is -2.09. The fourth-order valence-electron chi connectivity index (χ4n) is 2.20. The summed E-state index contributed by atoms with van der Waals surface area (Å²) in [6.45, 7) is 3.90. The molecule has 0 spiro atoms. The summed E-state index contributed by atoms with van der Waals surface area (Å²) in [4.78, 5) is 4.23. The fourth-order valence-corrected chi connectivity index (χ4v) is 2.73. The predicted octanol–water partition coefficient (Wildman–Crippen LogP) is 3.20. The molecular formula is C14H14BrN3O2. The van der Waals surface area contributed by atoms with Crippen LogP contribution in [0.15, 0.2) is 33.2 Å². The number of furan rings is 1. The lowest BCUT2D eigenvalue weighted by molar-refractivity contribution is 0.182. The number of halogens is 1. The highest BCUT2D eigenvalue weighted by molar-refractivity contribution is 9.10. The van der Waals surface area contributed by atoms with E-state index in [9.17, 15) is 5.11 Å². The first-order valence-corrected chi connectivity index (χ1v) is 7.11. The molecule has 0 aliphatic rings. The lowest BCUT2D eigenvalue weighted by Gasteiger charge is -2.06. The summed E-state index contributed by atoms with van der Waals surface area (Å²) in [7, 11) is 0. The summed E-state index contributed by atoms with van der Waals surface area (Å²) >= 11 is 3.56. The van der Waals surface area contributed by atoms with E-state index in [-0.39, 0.29) is 0 Å². The summed E-state index contributed by atoms with van der Waals surface area (Å²) in [6.07, 6.45) is -0.667. The smallest absolute Gasteiger partial charge is 0.156 e. The van der Waals surface area contributed by atoms with Crippen LogP contribution in [0.2, 0.25) is 0 Å². The molecule has 2 aromatic heterocycles. The van der Waals surface area contributed by atoms with E-state index in [2.05, 4.69) is 26.0 Å². The molecule has 3 rings (SSSR count). The van der Waals surface area contributed by atoms with E-state index in [1.807, 2.05) is 24.3 Å². The van der Waals surface area contributed by atoms with E-state index in [1.54, 1.807) is 18.5 Å². The zero-order valence-electron chi connectivity index (χ0n) is 11.2. The summed E-state index contributed by atoms with van der Waals surface area (Å²) in [5, 5.41) is 15.1. The number of aliphatic hydroxyl groups excluding tert-OH is 1. The molecule has 5 nitrogen and oxygen atoms in total. The molecule has 1 N–H and O–H groups in total. The number of para-hydroxylation sites is 1. The Morgan fingerprint density at radius 2 is 2.15 bits per heavy atom. The maximum absolute atomic E-state index is 9.74. The van der Waals surface area contributed by atoms with E-state index >= 15 is 0 Å². The maximum Gasteiger partial charge on any atom is 0.156 e. The molecule has 1 unspecified atom stereocenters.